The van der Waals surface area contributed by atoms with Gasteiger partial charge >= 0.3 is 0 Å². The second-order valence-electron chi connectivity index (χ2n) is 13.5. The van der Waals surface area contributed by atoms with Crippen LogP contribution in [0.15, 0.2) is 48.6 Å². The van der Waals surface area contributed by atoms with Gasteiger partial charge in [-0.05, 0) is 38.5 Å². The molecule has 0 aromatic carbocycles. The lowest BCUT2D eigenvalue weighted by atomic mass is 10.0. The third-order valence-corrected chi connectivity index (χ3v) is 9.59. The van der Waals surface area contributed by atoms with Crippen LogP contribution in [0.5, 0.6) is 0 Å². The summed E-state index contributed by atoms with van der Waals surface area (Å²) in [6.07, 6.45) is 46.5. The van der Waals surface area contributed by atoms with Gasteiger partial charge in [-0.25, -0.2) is 0 Å². The molecule has 7 heteroatoms. The maximum atomic E-state index is 12.4. The average molecular weight is 694 g/mol. The molecule has 0 aromatic heterocycles. The van der Waals surface area contributed by atoms with Crippen LogP contribution in [0.4, 0.5) is 0 Å². The van der Waals surface area contributed by atoms with Gasteiger partial charge in [-0.2, -0.15) is 8.42 Å². The van der Waals surface area contributed by atoms with Gasteiger partial charge in [0, 0.05) is 6.42 Å². The lowest BCUT2D eigenvalue weighted by Crippen LogP contribution is -2.47. The zero-order valence-corrected chi connectivity index (χ0v) is 31.9. The second kappa shape index (κ2) is 35.1. The molecule has 2 unspecified atom stereocenters. The van der Waals surface area contributed by atoms with Crippen molar-refractivity contribution in [3.63, 3.8) is 0 Å². The van der Waals surface area contributed by atoms with Crippen molar-refractivity contribution in [3.8, 4) is 0 Å². The number of allylic oxidation sites excluding steroid dienone is 8. The number of aliphatic hydroxyl groups is 1. The number of aliphatic hydroxyl groups excluding tert-OH is 1. The van der Waals surface area contributed by atoms with Crippen molar-refractivity contribution in [2.75, 3.05) is 5.75 Å². The van der Waals surface area contributed by atoms with Gasteiger partial charge in [0.2, 0.25) is 5.91 Å². The fourth-order valence-electron chi connectivity index (χ4n) is 5.88. The first-order valence-corrected chi connectivity index (χ1v) is 21.4. The summed E-state index contributed by atoms with van der Waals surface area (Å²) in [4.78, 5) is 12.4. The molecule has 0 saturated carbocycles. The fraction of sp³-hybridized carbons (Fsp3) is 0.780. The number of amides is 1. The summed E-state index contributed by atoms with van der Waals surface area (Å²) in [5.74, 6) is -1.00. The van der Waals surface area contributed by atoms with Gasteiger partial charge in [0.15, 0.2) is 0 Å². The van der Waals surface area contributed by atoms with E-state index in [1.54, 1.807) is 0 Å². The number of carbonyl (C=O) groups is 1. The monoisotopic (exact) mass is 694 g/mol. The molecule has 0 rings (SSSR count). The molecule has 6 nitrogen and oxygen atoms in total. The molecule has 0 spiro atoms. The first-order chi connectivity index (χ1) is 23.3. The topological polar surface area (TPSA) is 104 Å². The van der Waals surface area contributed by atoms with Crippen molar-refractivity contribution < 1.29 is 22.9 Å². The molecule has 1 amide bonds. The number of carbonyl (C=O) groups excluding carboxylic acids is 1. The quantitative estimate of drug-likeness (QED) is 0.0348. The highest BCUT2D eigenvalue weighted by molar-refractivity contribution is 7.85. The Bertz CT molecular complexity index is 940. The third kappa shape index (κ3) is 35.6. The van der Waals surface area contributed by atoms with Gasteiger partial charge in [-0.1, -0.05) is 191 Å². The zero-order chi connectivity index (χ0) is 35.4. The van der Waals surface area contributed by atoms with Crippen LogP contribution in [0.3, 0.4) is 0 Å². The lowest BCUT2D eigenvalue weighted by Gasteiger charge is -2.23. The molecular formula is C41H75NO5S. The van der Waals surface area contributed by atoms with E-state index in [9.17, 15) is 22.9 Å². The van der Waals surface area contributed by atoms with Gasteiger partial charge in [0.1, 0.15) is 0 Å². The van der Waals surface area contributed by atoms with Gasteiger partial charge in [0.05, 0.1) is 17.9 Å². The van der Waals surface area contributed by atoms with Crippen LogP contribution in [0.1, 0.15) is 187 Å². The van der Waals surface area contributed by atoms with Gasteiger partial charge in [0.25, 0.3) is 10.1 Å². The molecule has 0 aromatic rings. The molecule has 48 heavy (non-hydrogen) atoms. The number of unbranched alkanes of at least 4 members (excludes halogenated alkanes) is 19. The Morgan fingerprint density at radius 2 is 0.958 bits per heavy atom. The lowest BCUT2D eigenvalue weighted by molar-refractivity contribution is -0.122. The van der Waals surface area contributed by atoms with Crippen LogP contribution < -0.4 is 5.32 Å². The molecule has 0 heterocycles. The fourth-order valence-corrected chi connectivity index (χ4v) is 6.64. The van der Waals surface area contributed by atoms with E-state index < -0.39 is 28.0 Å². The highest BCUT2D eigenvalue weighted by atomic mass is 32.2. The summed E-state index contributed by atoms with van der Waals surface area (Å²) in [6.45, 7) is 4.40. The van der Waals surface area contributed by atoms with Crippen molar-refractivity contribution in [2.45, 2.75) is 199 Å². The molecule has 280 valence electrons. The zero-order valence-electron chi connectivity index (χ0n) is 31.1. The van der Waals surface area contributed by atoms with E-state index in [1.165, 1.54) is 109 Å². The standard InChI is InChI=1S/C41H75NO5S/c1-3-5-7-9-11-13-15-17-18-19-20-21-22-23-25-26-28-30-32-34-36-40(43)39(38-48(45,46)47)42-41(44)37-35-33-31-29-27-24-16-14-12-10-8-6-4-2/h6,8,12,14,24,27,31,33,39-40,43H,3-5,7,9-11,13,15-23,25-26,28-30,32,34-38H2,1-2H3,(H,42,44)(H,45,46,47)/b8-6-,14-12-,27-24-,33-31-. The van der Waals surface area contributed by atoms with Crippen LogP contribution >= 0.6 is 0 Å². The molecular weight excluding hydrogens is 619 g/mol. The molecule has 0 aliphatic carbocycles. The Morgan fingerprint density at radius 3 is 1.35 bits per heavy atom. The smallest absolute Gasteiger partial charge is 0.266 e. The minimum Gasteiger partial charge on any atom is -0.391 e. The predicted molar refractivity (Wildman–Crippen MR) is 207 cm³/mol. The normalized spacial score (nSPS) is 13.8. The van der Waals surface area contributed by atoms with Crippen molar-refractivity contribution in [2.24, 2.45) is 0 Å². The molecule has 0 bridgehead atoms. The highest BCUT2D eigenvalue weighted by Gasteiger charge is 2.25. The van der Waals surface area contributed by atoms with Crippen LogP contribution in [0.2, 0.25) is 0 Å². The molecule has 0 saturated heterocycles. The first kappa shape index (κ1) is 46.3. The summed E-state index contributed by atoms with van der Waals surface area (Å²) in [5, 5.41) is 13.3. The van der Waals surface area contributed by atoms with E-state index in [0.717, 1.165) is 44.9 Å². The van der Waals surface area contributed by atoms with E-state index in [1.807, 2.05) is 12.2 Å². The number of rotatable bonds is 35. The first-order valence-electron chi connectivity index (χ1n) is 19.8. The van der Waals surface area contributed by atoms with Gasteiger partial charge < -0.3 is 10.4 Å². The van der Waals surface area contributed by atoms with Crippen LogP contribution in [-0.4, -0.2) is 41.9 Å². The Morgan fingerprint density at radius 1 is 0.583 bits per heavy atom. The molecule has 0 aliphatic heterocycles. The molecule has 0 radical (unpaired) electrons. The van der Waals surface area contributed by atoms with E-state index in [-0.39, 0.29) is 12.3 Å². The summed E-state index contributed by atoms with van der Waals surface area (Å²) in [6, 6.07) is -1.01. The predicted octanol–water partition coefficient (Wildman–Crippen LogP) is 11.5. The van der Waals surface area contributed by atoms with E-state index in [0.29, 0.717) is 12.8 Å². The van der Waals surface area contributed by atoms with Gasteiger partial charge in [-0.3, -0.25) is 9.35 Å². The minimum absolute atomic E-state index is 0.197. The van der Waals surface area contributed by atoms with Crippen molar-refractivity contribution in [1.82, 2.24) is 5.32 Å². The van der Waals surface area contributed by atoms with Crippen LogP contribution in [0.25, 0.3) is 0 Å². The largest absolute Gasteiger partial charge is 0.391 e. The Balaban J connectivity index is 3.92. The Labute approximate surface area is 297 Å². The summed E-state index contributed by atoms with van der Waals surface area (Å²) in [7, 11) is -4.33. The number of nitrogens with one attached hydrogen (secondary N) is 1. The maximum absolute atomic E-state index is 12.4. The summed E-state index contributed by atoms with van der Waals surface area (Å²) >= 11 is 0. The summed E-state index contributed by atoms with van der Waals surface area (Å²) in [5.41, 5.74) is 0. The van der Waals surface area contributed by atoms with E-state index in [4.69, 9.17) is 0 Å². The molecule has 0 fully saturated rings. The van der Waals surface area contributed by atoms with Crippen molar-refractivity contribution in [3.05, 3.63) is 48.6 Å². The van der Waals surface area contributed by atoms with Crippen LogP contribution in [0, 0.1) is 0 Å². The van der Waals surface area contributed by atoms with Crippen molar-refractivity contribution in [1.29, 1.82) is 0 Å². The maximum Gasteiger partial charge on any atom is 0.266 e. The van der Waals surface area contributed by atoms with Crippen LogP contribution in [-0.2, 0) is 14.9 Å². The van der Waals surface area contributed by atoms with Crippen molar-refractivity contribution >= 4 is 16.0 Å². The average Bonchev–Trinajstić information content (AvgIpc) is 3.05. The molecule has 0 aliphatic rings. The second-order valence-corrected chi connectivity index (χ2v) is 15.0. The van der Waals surface area contributed by atoms with Gasteiger partial charge in [-0.15, -0.1) is 0 Å². The third-order valence-electron chi connectivity index (χ3n) is 8.81. The molecule has 3 N–H and O–H groups in total. The highest BCUT2D eigenvalue weighted by Crippen LogP contribution is 2.16. The SMILES string of the molecule is CC/C=C\C/C=C\C/C=C\C/C=C\CCC(=O)NC(CS(=O)(=O)O)C(O)CCCCCCCCCCCCCCCCCCCCCC. The Hall–Kier alpha value is -1.70. The van der Waals surface area contributed by atoms with E-state index in [2.05, 4.69) is 55.6 Å². The van der Waals surface area contributed by atoms with E-state index >= 15 is 0 Å². The number of hydrogen-bond acceptors (Lipinski definition) is 4. The summed E-state index contributed by atoms with van der Waals surface area (Å²) < 4.78 is 32.5. The molecule has 2 atom stereocenters. The number of hydrogen-bond donors (Lipinski definition) is 3. The Kier molecular flexibility index (Phi) is 33.9. The minimum atomic E-state index is -4.33.